The molecule has 0 aromatic carbocycles. The predicted molar refractivity (Wildman–Crippen MR) is 50.8 cm³/mol. The maximum atomic E-state index is 4.21. The van der Waals surface area contributed by atoms with Crippen molar-refractivity contribution >= 4 is 22.0 Å². The molecule has 0 amide bonds. The number of rotatable bonds is 2. The number of alkyl halides is 1. The molecule has 0 atom stereocenters. The van der Waals surface area contributed by atoms with Crippen LogP contribution in [-0.2, 0) is 7.05 Å². The van der Waals surface area contributed by atoms with Gasteiger partial charge in [0.1, 0.15) is 0 Å². The first-order valence-electron chi connectivity index (χ1n) is 3.47. The van der Waals surface area contributed by atoms with E-state index < -0.39 is 0 Å². The molecule has 0 spiro atoms. The Balaban J connectivity index is 2.85. The van der Waals surface area contributed by atoms with Gasteiger partial charge < -0.3 is 0 Å². The van der Waals surface area contributed by atoms with Crippen LogP contribution in [0.15, 0.2) is 12.3 Å². The summed E-state index contributed by atoms with van der Waals surface area (Å²) in [4.78, 5) is 0. The van der Waals surface area contributed by atoms with Crippen LogP contribution in [0.4, 0.5) is 0 Å². The first-order chi connectivity index (χ1) is 5.24. The van der Waals surface area contributed by atoms with Crippen LogP contribution in [0.25, 0.3) is 6.08 Å². The Morgan fingerprint density at radius 1 is 1.73 bits per heavy atom. The standard InChI is InChI=1S/C8H11BrN2/c1-7-8(4-3-5-9)6-11(2)10-7/h3-4,6H,5H2,1-2H3/b4-3+. The number of aryl methyl sites for hydroxylation is 2. The second-order valence-electron chi connectivity index (χ2n) is 2.40. The molecule has 0 aliphatic heterocycles. The van der Waals surface area contributed by atoms with Crippen LogP contribution in [0.2, 0.25) is 0 Å². The third kappa shape index (κ3) is 2.19. The van der Waals surface area contributed by atoms with E-state index >= 15 is 0 Å². The molecule has 1 rings (SSSR count). The van der Waals surface area contributed by atoms with Gasteiger partial charge in [0.2, 0.25) is 0 Å². The van der Waals surface area contributed by atoms with E-state index in [4.69, 9.17) is 0 Å². The minimum absolute atomic E-state index is 0.890. The topological polar surface area (TPSA) is 17.8 Å². The van der Waals surface area contributed by atoms with E-state index in [1.54, 1.807) is 0 Å². The van der Waals surface area contributed by atoms with Gasteiger partial charge in [-0.25, -0.2) is 0 Å². The van der Waals surface area contributed by atoms with E-state index in [-0.39, 0.29) is 0 Å². The summed E-state index contributed by atoms with van der Waals surface area (Å²) in [5.74, 6) is 0. The maximum Gasteiger partial charge on any atom is 0.0665 e. The zero-order valence-electron chi connectivity index (χ0n) is 6.71. The van der Waals surface area contributed by atoms with Gasteiger partial charge in [-0.3, -0.25) is 4.68 Å². The molecule has 1 aromatic heterocycles. The lowest BCUT2D eigenvalue weighted by Crippen LogP contribution is -1.86. The summed E-state index contributed by atoms with van der Waals surface area (Å²) in [6.45, 7) is 2.01. The van der Waals surface area contributed by atoms with Gasteiger partial charge in [-0.1, -0.05) is 28.1 Å². The van der Waals surface area contributed by atoms with Crippen molar-refractivity contribution in [1.82, 2.24) is 9.78 Å². The molecule has 0 unspecified atom stereocenters. The summed E-state index contributed by atoms with van der Waals surface area (Å²) in [5.41, 5.74) is 2.26. The molecule has 0 aliphatic carbocycles. The van der Waals surface area contributed by atoms with Gasteiger partial charge in [0.05, 0.1) is 5.69 Å². The number of hydrogen-bond donors (Lipinski definition) is 0. The number of hydrogen-bond acceptors (Lipinski definition) is 1. The van der Waals surface area contributed by atoms with E-state index in [1.165, 1.54) is 5.56 Å². The van der Waals surface area contributed by atoms with Crippen LogP contribution in [0.3, 0.4) is 0 Å². The van der Waals surface area contributed by atoms with Crippen molar-refractivity contribution in [2.75, 3.05) is 5.33 Å². The van der Waals surface area contributed by atoms with E-state index in [0.29, 0.717) is 0 Å². The quantitative estimate of drug-likeness (QED) is 0.691. The minimum Gasteiger partial charge on any atom is -0.275 e. The lowest BCUT2D eigenvalue weighted by Gasteiger charge is -1.83. The zero-order valence-corrected chi connectivity index (χ0v) is 8.30. The normalized spacial score (nSPS) is 11.2. The SMILES string of the molecule is Cc1nn(C)cc1/C=C/CBr. The van der Waals surface area contributed by atoms with Gasteiger partial charge in [0.25, 0.3) is 0 Å². The van der Waals surface area contributed by atoms with Gasteiger partial charge in [0.15, 0.2) is 0 Å². The summed E-state index contributed by atoms with van der Waals surface area (Å²) in [6.07, 6.45) is 6.13. The van der Waals surface area contributed by atoms with Gasteiger partial charge in [0, 0.05) is 24.1 Å². The molecule has 0 N–H and O–H groups in total. The Labute approximate surface area is 75.0 Å². The van der Waals surface area contributed by atoms with Crippen molar-refractivity contribution in [2.45, 2.75) is 6.92 Å². The average molecular weight is 215 g/mol. The van der Waals surface area contributed by atoms with Crippen molar-refractivity contribution < 1.29 is 0 Å². The molecule has 3 heteroatoms. The average Bonchev–Trinajstić information content (AvgIpc) is 2.26. The Bertz CT molecular complexity index is 263. The molecule has 0 aliphatic rings. The van der Waals surface area contributed by atoms with Crippen molar-refractivity contribution in [2.24, 2.45) is 7.05 Å². The number of aromatic nitrogens is 2. The molecule has 0 saturated heterocycles. The van der Waals surface area contributed by atoms with E-state index in [1.807, 2.05) is 24.9 Å². The lowest BCUT2D eigenvalue weighted by atomic mass is 10.2. The van der Waals surface area contributed by atoms with Crippen molar-refractivity contribution in [3.05, 3.63) is 23.5 Å². The number of nitrogens with zero attached hydrogens (tertiary/aromatic N) is 2. The summed E-state index contributed by atoms with van der Waals surface area (Å²) >= 11 is 3.32. The molecule has 1 aromatic rings. The fraction of sp³-hybridized carbons (Fsp3) is 0.375. The van der Waals surface area contributed by atoms with Gasteiger partial charge in [-0.15, -0.1) is 0 Å². The van der Waals surface area contributed by atoms with Crippen LogP contribution in [0.5, 0.6) is 0 Å². The first kappa shape index (κ1) is 8.53. The highest BCUT2D eigenvalue weighted by atomic mass is 79.9. The third-order valence-electron chi connectivity index (χ3n) is 1.44. The lowest BCUT2D eigenvalue weighted by molar-refractivity contribution is 0.756. The van der Waals surface area contributed by atoms with Gasteiger partial charge in [-0.05, 0) is 6.92 Å². The van der Waals surface area contributed by atoms with Crippen LogP contribution >= 0.6 is 15.9 Å². The van der Waals surface area contributed by atoms with Gasteiger partial charge >= 0.3 is 0 Å². The summed E-state index contributed by atoms with van der Waals surface area (Å²) in [7, 11) is 1.93. The third-order valence-corrected chi connectivity index (χ3v) is 1.81. The fourth-order valence-corrected chi connectivity index (χ4v) is 1.14. The molecule has 0 radical (unpaired) electrons. The molecule has 0 bridgehead atoms. The van der Waals surface area contributed by atoms with Crippen LogP contribution in [-0.4, -0.2) is 15.1 Å². The zero-order chi connectivity index (χ0) is 8.27. The Morgan fingerprint density at radius 3 is 2.91 bits per heavy atom. The summed E-state index contributed by atoms with van der Waals surface area (Å²) < 4.78 is 1.82. The van der Waals surface area contributed by atoms with Crippen LogP contribution < -0.4 is 0 Å². The summed E-state index contributed by atoms with van der Waals surface area (Å²) in [5, 5.41) is 5.10. The van der Waals surface area contributed by atoms with Crippen LogP contribution in [0.1, 0.15) is 11.3 Å². The van der Waals surface area contributed by atoms with Crippen LogP contribution in [0, 0.1) is 6.92 Å². The molecule has 0 fully saturated rings. The second-order valence-corrected chi connectivity index (χ2v) is 3.05. The second kappa shape index (κ2) is 3.72. The Morgan fingerprint density at radius 2 is 2.45 bits per heavy atom. The largest absolute Gasteiger partial charge is 0.275 e. The minimum atomic E-state index is 0.890. The molecule has 60 valence electrons. The van der Waals surface area contributed by atoms with Crippen molar-refractivity contribution in [3.63, 3.8) is 0 Å². The van der Waals surface area contributed by atoms with Crippen molar-refractivity contribution in [3.8, 4) is 0 Å². The van der Waals surface area contributed by atoms with E-state index in [2.05, 4.69) is 33.2 Å². The monoisotopic (exact) mass is 214 g/mol. The molecular formula is C8H11BrN2. The van der Waals surface area contributed by atoms with E-state index in [0.717, 1.165) is 11.0 Å². The summed E-state index contributed by atoms with van der Waals surface area (Å²) in [6, 6.07) is 0. The predicted octanol–water partition coefficient (Wildman–Crippen LogP) is 2.14. The highest BCUT2D eigenvalue weighted by Crippen LogP contribution is 2.06. The molecule has 11 heavy (non-hydrogen) atoms. The number of halogens is 1. The molecule has 0 saturated carbocycles. The molecule has 2 nitrogen and oxygen atoms in total. The number of allylic oxidation sites excluding steroid dienone is 1. The fourth-order valence-electron chi connectivity index (χ4n) is 0.953. The highest BCUT2D eigenvalue weighted by molar-refractivity contribution is 9.09. The first-order valence-corrected chi connectivity index (χ1v) is 4.59. The van der Waals surface area contributed by atoms with Gasteiger partial charge in [-0.2, -0.15) is 5.10 Å². The van der Waals surface area contributed by atoms with Crippen molar-refractivity contribution in [1.29, 1.82) is 0 Å². The maximum absolute atomic E-state index is 4.21. The Kier molecular flexibility index (Phi) is 2.88. The smallest absolute Gasteiger partial charge is 0.0665 e. The highest BCUT2D eigenvalue weighted by Gasteiger charge is 1.96. The molecule has 1 heterocycles. The van der Waals surface area contributed by atoms with E-state index in [9.17, 15) is 0 Å². The molecular weight excluding hydrogens is 204 g/mol. The Hall–Kier alpha value is -0.570.